The Labute approximate surface area is 119 Å². The van der Waals surface area contributed by atoms with Crippen LogP contribution in [0.4, 0.5) is 0 Å². The van der Waals surface area contributed by atoms with E-state index in [4.69, 9.17) is 4.74 Å². The fourth-order valence-corrected chi connectivity index (χ4v) is 2.59. The second kappa shape index (κ2) is 7.78. The highest BCUT2D eigenvalue weighted by Gasteiger charge is 2.33. The summed E-state index contributed by atoms with van der Waals surface area (Å²) < 4.78 is 5.06. The van der Waals surface area contributed by atoms with Crippen LogP contribution in [0.5, 0.6) is 0 Å². The van der Waals surface area contributed by atoms with Crippen molar-refractivity contribution >= 4 is 18.5 Å². The highest BCUT2D eigenvalue weighted by molar-refractivity contribution is 5.89. The van der Waals surface area contributed by atoms with Crippen molar-refractivity contribution in [1.29, 1.82) is 0 Å². The first-order valence-electron chi connectivity index (χ1n) is 6.98. The molecule has 110 valence electrons. The van der Waals surface area contributed by atoms with Gasteiger partial charge in [0.1, 0.15) is 12.6 Å². The van der Waals surface area contributed by atoms with Gasteiger partial charge >= 0.3 is 5.97 Å². The van der Waals surface area contributed by atoms with Gasteiger partial charge in [-0.15, -0.1) is 0 Å². The van der Waals surface area contributed by atoms with Gasteiger partial charge in [0, 0.05) is 23.8 Å². The van der Waals surface area contributed by atoms with E-state index >= 15 is 0 Å². The number of aldehydes is 2. The lowest BCUT2D eigenvalue weighted by molar-refractivity contribution is -0.139. The van der Waals surface area contributed by atoms with Crippen LogP contribution < -0.4 is 0 Å². The molecule has 1 aliphatic carbocycles. The summed E-state index contributed by atoms with van der Waals surface area (Å²) in [6.45, 7) is 6.07. The Bertz CT molecular complexity index is 422. The second-order valence-electron chi connectivity index (χ2n) is 5.26. The topological polar surface area (TPSA) is 60.4 Å². The normalized spacial score (nSPS) is 21.8. The minimum Gasteiger partial charge on any atom is -0.462 e. The van der Waals surface area contributed by atoms with Gasteiger partial charge in [-0.2, -0.15) is 0 Å². The van der Waals surface area contributed by atoms with Gasteiger partial charge in [0.15, 0.2) is 0 Å². The first-order valence-corrected chi connectivity index (χ1v) is 6.98. The fourth-order valence-electron chi connectivity index (χ4n) is 2.59. The maximum atomic E-state index is 12.0. The number of esters is 1. The summed E-state index contributed by atoms with van der Waals surface area (Å²) in [7, 11) is 0. The molecule has 0 amide bonds. The third-order valence-corrected chi connectivity index (χ3v) is 3.81. The van der Waals surface area contributed by atoms with Crippen LogP contribution in [-0.4, -0.2) is 25.1 Å². The minimum absolute atomic E-state index is 0.119. The van der Waals surface area contributed by atoms with Gasteiger partial charge < -0.3 is 14.3 Å². The summed E-state index contributed by atoms with van der Waals surface area (Å²) in [6.07, 6.45) is 7.35. The van der Waals surface area contributed by atoms with Gasteiger partial charge in [-0.3, -0.25) is 0 Å². The van der Waals surface area contributed by atoms with Crippen molar-refractivity contribution in [3.8, 4) is 0 Å². The number of allylic oxidation sites excluding steroid dienone is 2. The first kappa shape index (κ1) is 16.3. The molecule has 0 aliphatic heterocycles. The van der Waals surface area contributed by atoms with Crippen LogP contribution >= 0.6 is 0 Å². The van der Waals surface area contributed by atoms with E-state index in [0.29, 0.717) is 24.8 Å². The molecule has 1 rings (SSSR count). The largest absolute Gasteiger partial charge is 0.462 e. The Hall–Kier alpha value is -1.71. The smallest absolute Gasteiger partial charge is 0.333 e. The van der Waals surface area contributed by atoms with Crippen molar-refractivity contribution in [2.24, 2.45) is 5.41 Å². The molecule has 0 aromatic rings. The van der Waals surface area contributed by atoms with E-state index in [-0.39, 0.29) is 24.4 Å². The van der Waals surface area contributed by atoms with Crippen molar-refractivity contribution in [2.45, 2.75) is 45.4 Å². The molecule has 1 aliphatic rings. The average molecular weight is 278 g/mol. The summed E-state index contributed by atoms with van der Waals surface area (Å²) in [5.41, 5.74) is 1.33. The van der Waals surface area contributed by atoms with E-state index in [1.807, 2.05) is 13.0 Å². The first-order chi connectivity index (χ1) is 9.55. The molecule has 1 atom stereocenters. The summed E-state index contributed by atoms with van der Waals surface area (Å²) in [4.78, 5) is 32.8. The zero-order valence-electron chi connectivity index (χ0n) is 12.0. The van der Waals surface area contributed by atoms with Gasteiger partial charge in [0.2, 0.25) is 0 Å². The van der Waals surface area contributed by atoms with E-state index < -0.39 is 0 Å². The Kier molecular flexibility index (Phi) is 6.36. The highest BCUT2D eigenvalue weighted by Crippen LogP contribution is 2.43. The molecule has 0 bridgehead atoms. The Morgan fingerprint density at radius 2 is 2.10 bits per heavy atom. The number of carbonyl (C=O) groups is 3. The molecule has 0 aromatic carbocycles. The molecule has 0 heterocycles. The second-order valence-corrected chi connectivity index (χ2v) is 5.26. The molecular formula is C16H22O4. The van der Waals surface area contributed by atoms with Crippen LogP contribution in [0.15, 0.2) is 23.8 Å². The molecule has 0 fully saturated rings. The van der Waals surface area contributed by atoms with Gasteiger partial charge in [0.25, 0.3) is 0 Å². The Balaban J connectivity index is 2.84. The van der Waals surface area contributed by atoms with Crippen LogP contribution in [-0.2, 0) is 19.1 Å². The molecular weight excluding hydrogens is 256 g/mol. The van der Waals surface area contributed by atoms with E-state index in [0.717, 1.165) is 31.0 Å². The molecule has 4 nitrogen and oxygen atoms in total. The lowest BCUT2D eigenvalue weighted by Gasteiger charge is -2.35. The van der Waals surface area contributed by atoms with Gasteiger partial charge in [-0.25, -0.2) is 4.79 Å². The number of hydrogen-bond acceptors (Lipinski definition) is 4. The lowest BCUT2D eigenvalue weighted by Crippen LogP contribution is -2.26. The molecule has 0 unspecified atom stereocenters. The van der Waals surface area contributed by atoms with Crippen LogP contribution in [0, 0.1) is 5.41 Å². The molecule has 4 heteroatoms. The van der Waals surface area contributed by atoms with Crippen LogP contribution in [0.2, 0.25) is 0 Å². The maximum absolute atomic E-state index is 12.0. The summed E-state index contributed by atoms with van der Waals surface area (Å²) in [5, 5.41) is 0. The average Bonchev–Trinajstić information content (AvgIpc) is 2.45. The quantitative estimate of drug-likeness (QED) is 0.296. The highest BCUT2D eigenvalue weighted by atomic mass is 16.5. The van der Waals surface area contributed by atoms with E-state index in [1.54, 1.807) is 0 Å². The third-order valence-electron chi connectivity index (χ3n) is 3.81. The van der Waals surface area contributed by atoms with Gasteiger partial charge in [-0.1, -0.05) is 18.2 Å². The Morgan fingerprint density at radius 1 is 1.40 bits per heavy atom. The molecule has 0 N–H and O–H groups in total. The minimum atomic E-state index is -0.358. The van der Waals surface area contributed by atoms with E-state index in [2.05, 4.69) is 6.58 Å². The number of rotatable bonds is 8. The summed E-state index contributed by atoms with van der Waals surface area (Å²) in [6, 6.07) is 0. The lowest BCUT2D eigenvalue weighted by atomic mass is 9.69. The van der Waals surface area contributed by atoms with Crippen LogP contribution in [0.25, 0.3) is 0 Å². The van der Waals surface area contributed by atoms with E-state index in [1.165, 1.54) is 0 Å². The maximum Gasteiger partial charge on any atom is 0.333 e. The van der Waals surface area contributed by atoms with Crippen LogP contribution in [0.1, 0.15) is 45.4 Å². The van der Waals surface area contributed by atoms with Crippen molar-refractivity contribution in [3.05, 3.63) is 23.8 Å². The number of hydrogen-bond donors (Lipinski definition) is 0. The SMILES string of the molecule is C=C(C)[C@@]1(CCC=O)C=C(C(=O)OCCC=O)CCC1. The van der Waals surface area contributed by atoms with Crippen molar-refractivity contribution < 1.29 is 19.1 Å². The number of ether oxygens (including phenoxy) is 1. The van der Waals surface area contributed by atoms with Gasteiger partial charge in [0.05, 0.1) is 6.61 Å². The molecule has 0 saturated heterocycles. The van der Waals surface area contributed by atoms with Crippen molar-refractivity contribution in [2.75, 3.05) is 6.61 Å². The number of carbonyl (C=O) groups excluding carboxylic acids is 3. The summed E-state index contributed by atoms with van der Waals surface area (Å²) >= 11 is 0. The monoisotopic (exact) mass is 278 g/mol. The van der Waals surface area contributed by atoms with E-state index in [9.17, 15) is 14.4 Å². The zero-order chi connectivity index (χ0) is 15.0. The predicted octanol–water partition coefficient (Wildman–Crippen LogP) is 2.77. The molecule has 0 saturated carbocycles. The fraction of sp³-hybridized carbons (Fsp3) is 0.562. The van der Waals surface area contributed by atoms with Crippen molar-refractivity contribution in [1.82, 2.24) is 0 Å². The standard InChI is InChI=1S/C16H22O4/c1-13(2)16(8-4-9-17)7-3-6-14(12-16)15(19)20-11-5-10-18/h9-10,12H,1,3-8,11H2,2H3/t16-/m0/s1. The predicted molar refractivity (Wildman–Crippen MR) is 76.1 cm³/mol. The van der Waals surface area contributed by atoms with Crippen molar-refractivity contribution in [3.63, 3.8) is 0 Å². The van der Waals surface area contributed by atoms with Gasteiger partial charge in [-0.05, 0) is 32.6 Å². The molecule has 0 radical (unpaired) electrons. The molecule has 20 heavy (non-hydrogen) atoms. The zero-order valence-corrected chi connectivity index (χ0v) is 12.0. The summed E-state index contributed by atoms with van der Waals surface area (Å²) in [5.74, 6) is -0.358. The third kappa shape index (κ3) is 4.15. The Morgan fingerprint density at radius 3 is 2.70 bits per heavy atom. The van der Waals surface area contributed by atoms with Crippen LogP contribution in [0.3, 0.4) is 0 Å². The molecule has 0 aromatic heterocycles. The molecule has 0 spiro atoms.